The highest BCUT2D eigenvalue weighted by Gasteiger charge is 2.50. The highest BCUT2D eigenvalue weighted by Crippen LogP contribution is 2.44. The number of carbonyl (C=O) groups excluding carboxylic acids is 1. The SMILES string of the molecule is Cc1nn(-c2ccccc2)c(C)c1[C@H](OC(=O)[C@@H]1C[C@H]1C)C(F)(F)F. The molecule has 1 aromatic heterocycles. The molecule has 0 saturated heterocycles. The van der Waals surface area contributed by atoms with E-state index in [1.165, 1.54) is 11.6 Å². The maximum atomic E-state index is 13.6. The largest absolute Gasteiger partial charge is 0.447 e. The molecule has 7 heteroatoms. The second-order valence-corrected chi connectivity index (χ2v) is 6.51. The first kappa shape index (κ1) is 17.5. The van der Waals surface area contributed by atoms with Gasteiger partial charge in [-0.2, -0.15) is 18.3 Å². The molecule has 1 aliphatic rings. The molecule has 0 radical (unpaired) electrons. The number of benzene rings is 1. The fraction of sp³-hybridized carbons (Fsp3) is 0.444. The van der Waals surface area contributed by atoms with Crippen LogP contribution in [-0.2, 0) is 9.53 Å². The summed E-state index contributed by atoms with van der Waals surface area (Å²) in [5.74, 6) is -1.15. The second-order valence-electron chi connectivity index (χ2n) is 6.51. The van der Waals surface area contributed by atoms with Gasteiger partial charge in [-0.25, -0.2) is 4.68 Å². The normalized spacial score (nSPS) is 21.0. The molecule has 25 heavy (non-hydrogen) atoms. The van der Waals surface area contributed by atoms with Crippen molar-refractivity contribution >= 4 is 5.97 Å². The molecule has 0 amide bonds. The number of hydrogen-bond donors (Lipinski definition) is 0. The van der Waals surface area contributed by atoms with Crippen LogP contribution in [0.3, 0.4) is 0 Å². The fourth-order valence-electron chi connectivity index (χ4n) is 3.00. The van der Waals surface area contributed by atoms with E-state index in [0.717, 1.165) is 0 Å². The molecule has 0 spiro atoms. The number of esters is 1. The number of ether oxygens (including phenoxy) is 1. The van der Waals surface area contributed by atoms with E-state index in [-0.39, 0.29) is 17.2 Å². The molecular weight excluding hydrogens is 333 g/mol. The molecule has 1 aromatic carbocycles. The molecular formula is C18H19F3N2O2. The zero-order valence-electron chi connectivity index (χ0n) is 14.2. The summed E-state index contributed by atoms with van der Waals surface area (Å²) in [6, 6.07) is 8.88. The lowest BCUT2D eigenvalue weighted by molar-refractivity contribution is -0.225. The van der Waals surface area contributed by atoms with Crippen LogP contribution >= 0.6 is 0 Å². The van der Waals surface area contributed by atoms with Gasteiger partial charge in [0, 0.05) is 11.3 Å². The van der Waals surface area contributed by atoms with Crippen molar-refractivity contribution in [1.29, 1.82) is 0 Å². The van der Waals surface area contributed by atoms with Crippen molar-refractivity contribution in [2.24, 2.45) is 11.8 Å². The van der Waals surface area contributed by atoms with Crippen molar-refractivity contribution < 1.29 is 22.7 Å². The summed E-state index contributed by atoms with van der Waals surface area (Å²) >= 11 is 0. The van der Waals surface area contributed by atoms with Gasteiger partial charge < -0.3 is 4.74 Å². The maximum absolute atomic E-state index is 13.6. The minimum atomic E-state index is -4.70. The zero-order chi connectivity index (χ0) is 18.4. The Bertz CT molecular complexity index is 784. The molecule has 3 atom stereocenters. The quantitative estimate of drug-likeness (QED) is 0.771. The number of carbonyl (C=O) groups is 1. The van der Waals surface area contributed by atoms with Crippen molar-refractivity contribution in [1.82, 2.24) is 9.78 Å². The molecule has 0 N–H and O–H groups in total. The Morgan fingerprint density at radius 3 is 2.40 bits per heavy atom. The minimum absolute atomic E-state index is 0.0793. The highest BCUT2D eigenvalue weighted by atomic mass is 19.4. The number of halogens is 3. The number of alkyl halides is 3. The average Bonchev–Trinajstić information content (AvgIpc) is 3.21. The van der Waals surface area contributed by atoms with E-state index in [1.807, 2.05) is 13.0 Å². The lowest BCUT2D eigenvalue weighted by Gasteiger charge is -2.21. The molecule has 1 fully saturated rings. The Morgan fingerprint density at radius 2 is 1.88 bits per heavy atom. The lowest BCUT2D eigenvalue weighted by atomic mass is 10.1. The van der Waals surface area contributed by atoms with Crippen molar-refractivity contribution in [2.45, 2.75) is 39.5 Å². The van der Waals surface area contributed by atoms with E-state index in [0.29, 0.717) is 17.8 Å². The van der Waals surface area contributed by atoms with Gasteiger partial charge in [0.1, 0.15) is 0 Å². The summed E-state index contributed by atoms with van der Waals surface area (Å²) in [7, 11) is 0. The summed E-state index contributed by atoms with van der Waals surface area (Å²) in [6.45, 7) is 4.86. The third-order valence-corrected chi connectivity index (χ3v) is 4.55. The van der Waals surface area contributed by atoms with Crippen molar-refractivity contribution in [3.63, 3.8) is 0 Å². The number of para-hydroxylation sites is 1. The van der Waals surface area contributed by atoms with Gasteiger partial charge in [-0.1, -0.05) is 25.1 Å². The predicted octanol–water partition coefficient (Wildman–Crippen LogP) is 4.29. The van der Waals surface area contributed by atoms with Gasteiger partial charge in [0.25, 0.3) is 0 Å². The summed E-state index contributed by atoms with van der Waals surface area (Å²) in [5, 5.41) is 4.22. The number of hydrogen-bond acceptors (Lipinski definition) is 3. The van der Waals surface area contributed by atoms with Gasteiger partial charge in [-0.3, -0.25) is 4.79 Å². The summed E-state index contributed by atoms with van der Waals surface area (Å²) in [6.07, 6.45) is -6.43. The Labute approximate surface area is 143 Å². The van der Waals surface area contributed by atoms with E-state index >= 15 is 0 Å². The third kappa shape index (κ3) is 3.41. The van der Waals surface area contributed by atoms with E-state index in [4.69, 9.17) is 4.74 Å². The summed E-state index contributed by atoms with van der Waals surface area (Å²) < 4.78 is 47.1. The Balaban J connectivity index is 1.99. The minimum Gasteiger partial charge on any atom is -0.447 e. The fourth-order valence-corrected chi connectivity index (χ4v) is 3.00. The summed E-state index contributed by atoms with van der Waals surface area (Å²) in [4.78, 5) is 12.0. The van der Waals surface area contributed by atoms with E-state index < -0.39 is 24.2 Å². The molecule has 4 nitrogen and oxygen atoms in total. The number of aromatic nitrogens is 2. The molecule has 0 bridgehead atoms. The van der Waals surface area contributed by atoms with Gasteiger partial charge >= 0.3 is 12.1 Å². The molecule has 134 valence electrons. The molecule has 0 aliphatic heterocycles. The van der Waals surface area contributed by atoms with Gasteiger partial charge in [0.05, 0.1) is 17.3 Å². The highest BCUT2D eigenvalue weighted by molar-refractivity contribution is 5.76. The molecule has 1 aliphatic carbocycles. The van der Waals surface area contributed by atoms with Crippen molar-refractivity contribution in [2.75, 3.05) is 0 Å². The Hall–Kier alpha value is -2.31. The van der Waals surface area contributed by atoms with E-state index in [1.54, 1.807) is 31.2 Å². The number of aryl methyl sites for hydroxylation is 1. The molecule has 1 heterocycles. The topological polar surface area (TPSA) is 44.1 Å². The number of rotatable bonds is 4. The van der Waals surface area contributed by atoms with Crippen LogP contribution < -0.4 is 0 Å². The van der Waals surface area contributed by atoms with Crippen molar-refractivity contribution in [3.05, 3.63) is 47.3 Å². The first-order valence-electron chi connectivity index (χ1n) is 8.09. The van der Waals surface area contributed by atoms with Crippen LogP contribution in [0.1, 0.15) is 36.4 Å². The molecule has 1 saturated carbocycles. The van der Waals surface area contributed by atoms with Gasteiger partial charge in [-0.15, -0.1) is 0 Å². The lowest BCUT2D eigenvalue weighted by Crippen LogP contribution is -2.28. The first-order chi connectivity index (χ1) is 11.7. The third-order valence-electron chi connectivity index (χ3n) is 4.55. The summed E-state index contributed by atoms with van der Waals surface area (Å²) in [5.41, 5.74) is 1.05. The first-order valence-corrected chi connectivity index (χ1v) is 8.09. The van der Waals surface area contributed by atoms with Crippen molar-refractivity contribution in [3.8, 4) is 5.69 Å². The van der Waals surface area contributed by atoms with Gasteiger partial charge in [-0.05, 0) is 38.3 Å². The molecule has 2 aromatic rings. The van der Waals surface area contributed by atoms with Crippen LogP contribution in [0, 0.1) is 25.7 Å². The van der Waals surface area contributed by atoms with Crippen LogP contribution in [-0.4, -0.2) is 21.9 Å². The monoisotopic (exact) mass is 352 g/mol. The molecule has 0 unspecified atom stereocenters. The Morgan fingerprint density at radius 1 is 1.28 bits per heavy atom. The Kier molecular flexibility index (Phi) is 4.34. The van der Waals surface area contributed by atoms with E-state index in [2.05, 4.69) is 5.10 Å². The van der Waals surface area contributed by atoms with Gasteiger partial charge in [0.15, 0.2) is 0 Å². The standard InChI is InChI=1S/C18H19F3N2O2/c1-10-9-14(10)17(24)25-16(18(19,20)21)15-11(2)22-23(12(15)3)13-7-5-4-6-8-13/h4-8,10,14,16H,9H2,1-3H3/t10-,14-,16+/m1/s1. The smallest absolute Gasteiger partial charge is 0.429 e. The van der Waals surface area contributed by atoms with Crippen LogP contribution in [0.25, 0.3) is 5.69 Å². The van der Waals surface area contributed by atoms with Crippen LogP contribution in [0.2, 0.25) is 0 Å². The second kappa shape index (κ2) is 6.20. The maximum Gasteiger partial charge on any atom is 0.429 e. The van der Waals surface area contributed by atoms with Crippen LogP contribution in [0.15, 0.2) is 30.3 Å². The van der Waals surface area contributed by atoms with Crippen LogP contribution in [0.5, 0.6) is 0 Å². The van der Waals surface area contributed by atoms with Gasteiger partial charge in [0.2, 0.25) is 6.10 Å². The average molecular weight is 352 g/mol. The zero-order valence-corrected chi connectivity index (χ0v) is 14.2. The predicted molar refractivity (Wildman–Crippen MR) is 85.2 cm³/mol. The number of nitrogens with zero attached hydrogens (tertiary/aromatic N) is 2. The molecule has 3 rings (SSSR count). The van der Waals surface area contributed by atoms with E-state index in [9.17, 15) is 18.0 Å². The van der Waals surface area contributed by atoms with Crippen LogP contribution in [0.4, 0.5) is 13.2 Å².